The van der Waals surface area contributed by atoms with Gasteiger partial charge in [-0.3, -0.25) is 4.99 Å². The van der Waals surface area contributed by atoms with Crippen molar-refractivity contribution in [2.24, 2.45) is 4.99 Å². The highest BCUT2D eigenvalue weighted by Gasteiger charge is 2.19. The van der Waals surface area contributed by atoms with E-state index in [0.717, 1.165) is 37.5 Å². The Hall–Kier alpha value is -2.67. The first-order valence-electron chi connectivity index (χ1n) is 10.2. The van der Waals surface area contributed by atoms with Gasteiger partial charge in [0, 0.05) is 51.1 Å². The van der Waals surface area contributed by atoms with Crippen LogP contribution in [0.4, 0.5) is 4.39 Å². The first-order chi connectivity index (χ1) is 14.2. The Kier molecular flexibility index (Phi) is 7.81. The highest BCUT2D eigenvalue weighted by atomic mass is 19.1. The number of piperidine rings is 1. The summed E-state index contributed by atoms with van der Waals surface area (Å²) in [5.41, 5.74) is 1.01. The van der Waals surface area contributed by atoms with E-state index < -0.39 is 0 Å². The zero-order valence-electron chi connectivity index (χ0n) is 17.2. The van der Waals surface area contributed by atoms with Crippen LogP contribution in [-0.4, -0.2) is 48.6 Å². The summed E-state index contributed by atoms with van der Waals surface area (Å²) in [6.07, 6.45) is 5.22. The Labute approximate surface area is 172 Å². The minimum Gasteiger partial charge on any atom is -0.439 e. The van der Waals surface area contributed by atoms with Crippen LogP contribution in [0.5, 0.6) is 11.6 Å². The summed E-state index contributed by atoms with van der Waals surface area (Å²) in [5.74, 6) is 1.33. The summed E-state index contributed by atoms with van der Waals surface area (Å²) in [5, 5.41) is 6.86. The van der Waals surface area contributed by atoms with Crippen molar-refractivity contribution in [3.05, 3.63) is 54.0 Å². The van der Waals surface area contributed by atoms with Crippen molar-refractivity contribution >= 4 is 5.96 Å². The van der Waals surface area contributed by atoms with Crippen LogP contribution in [-0.2, 0) is 6.54 Å². The number of rotatable bonds is 7. The van der Waals surface area contributed by atoms with Gasteiger partial charge in [0.2, 0.25) is 5.88 Å². The third-order valence-corrected chi connectivity index (χ3v) is 4.97. The molecule has 0 aliphatic carbocycles. The Balaban J connectivity index is 1.45. The third kappa shape index (κ3) is 6.71. The van der Waals surface area contributed by atoms with Crippen LogP contribution < -0.4 is 15.4 Å². The molecule has 0 unspecified atom stereocenters. The van der Waals surface area contributed by atoms with E-state index in [1.165, 1.54) is 25.1 Å². The molecule has 0 saturated carbocycles. The standard InChI is InChI=1S/C22H30FN5O/c1-3-11-28-12-9-19(10-13-28)27-22(24-2)26-16-17-7-8-21(25-15-17)29-20-6-4-5-18(23)14-20/h4-8,14-15,19H,3,9-13,16H2,1-2H3,(H2,24,26,27). The highest BCUT2D eigenvalue weighted by molar-refractivity contribution is 5.79. The van der Waals surface area contributed by atoms with Crippen molar-refractivity contribution in [3.63, 3.8) is 0 Å². The number of hydrogen-bond donors (Lipinski definition) is 2. The van der Waals surface area contributed by atoms with E-state index in [0.29, 0.717) is 24.2 Å². The number of hydrogen-bond acceptors (Lipinski definition) is 4. The topological polar surface area (TPSA) is 61.8 Å². The second kappa shape index (κ2) is 10.8. The van der Waals surface area contributed by atoms with E-state index in [-0.39, 0.29) is 5.82 Å². The minimum atomic E-state index is -0.335. The van der Waals surface area contributed by atoms with Crippen molar-refractivity contribution in [1.82, 2.24) is 20.5 Å². The summed E-state index contributed by atoms with van der Waals surface area (Å²) in [4.78, 5) is 11.2. The molecular weight excluding hydrogens is 369 g/mol. The summed E-state index contributed by atoms with van der Waals surface area (Å²) in [7, 11) is 1.79. The number of nitrogens with one attached hydrogen (secondary N) is 2. The number of guanidine groups is 1. The maximum atomic E-state index is 13.2. The number of likely N-dealkylation sites (tertiary alicyclic amines) is 1. The molecule has 1 aliphatic rings. The van der Waals surface area contributed by atoms with Crippen molar-refractivity contribution in [2.75, 3.05) is 26.7 Å². The molecule has 3 rings (SSSR count). The van der Waals surface area contributed by atoms with Gasteiger partial charge in [0.25, 0.3) is 0 Å². The lowest BCUT2D eigenvalue weighted by Gasteiger charge is -2.32. The molecule has 2 aromatic rings. The maximum absolute atomic E-state index is 13.2. The van der Waals surface area contributed by atoms with E-state index >= 15 is 0 Å². The molecule has 0 bridgehead atoms. The van der Waals surface area contributed by atoms with Crippen molar-refractivity contribution in [3.8, 4) is 11.6 Å². The van der Waals surface area contributed by atoms with Gasteiger partial charge >= 0.3 is 0 Å². The summed E-state index contributed by atoms with van der Waals surface area (Å²) in [6.45, 7) is 6.30. The Morgan fingerprint density at radius 2 is 2.10 bits per heavy atom. The van der Waals surface area contributed by atoms with Gasteiger partial charge in [-0.25, -0.2) is 9.37 Å². The fraction of sp³-hybridized carbons (Fsp3) is 0.455. The maximum Gasteiger partial charge on any atom is 0.219 e. The predicted octanol–water partition coefficient (Wildman–Crippen LogP) is 3.55. The average molecular weight is 400 g/mol. The number of ether oxygens (including phenoxy) is 1. The molecule has 29 heavy (non-hydrogen) atoms. The average Bonchev–Trinajstić information content (AvgIpc) is 2.74. The molecule has 0 radical (unpaired) electrons. The normalized spacial score (nSPS) is 15.9. The second-order valence-corrected chi connectivity index (χ2v) is 7.25. The van der Waals surface area contributed by atoms with E-state index in [1.807, 2.05) is 6.07 Å². The molecule has 0 atom stereocenters. The predicted molar refractivity (Wildman–Crippen MR) is 114 cm³/mol. The van der Waals surface area contributed by atoms with E-state index in [4.69, 9.17) is 4.74 Å². The van der Waals surface area contributed by atoms with Gasteiger partial charge in [0.15, 0.2) is 5.96 Å². The fourth-order valence-electron chi connectivity index (χ4n) is 3.42. The smallest absolute Gasteiger partial charge is 0.219 e. The van der Waals surface area contributed by atoms with Crippen molar-refractivity contribution in [2.45, 2.75) is 38.8 Å². The quantitative estimate of drug-likeness (QED) is 0.551. The number of halogens is 1. The lowest BCUT2D eigenvalue weighted by atomic mass is 10.1. The molecule has 0 amide bonds. The molecule has 1 saturated heterocycles. The molecule has 0 spiro atoms. The number of aromatic nitrogens is 1. The second-order valence-electron chi connectivity index (χ2n) is 7.25. The molecule has 156 valence electrons. The highest BCUT2D eigenvalue weighted by Crippen LogP contribution is 2.20. The molecule has 2 N–H and O–H groups in total. The van der Waals surface area contributed by atoms with E-state index in [9.17, 15) is 4.39 Å². The molecule has 1 fully saturated rings. The lowest BCUT2D eigenvalue weighted by Crippen LogP contribution is -2.48. The molecular formula is C22H30FN5O. The Morgan fingerprint density at radius 1 is 1.28 bits per heavy atom. The summed E-state index contributed by atoms with van der Waals surface area (Å²) >= 11 is 0. The van der Waals surface area contributed by atoms with Crippen LogP contribution in [0.2, 0.25) is 0 Å². The number of benzene rings is 1. The van der Waals surface area contributed by atoms with Gasteiger partial charge in [-0.2, -0.15) is 0 Å². The molecule has 2 heterocycles. The fourth-order valence-corrected chi connectivity index (χ4v) is 3.42. The largest absolute Gasteiger partial charge is 0.439 e. The van der Waals surface area contributed by atoms with E-state index in [1.54, 1.807) is 31.4 Å². The van der Waals surface area contributed by atoms with Crippen molar-refractivity contribution < 1.29 is 9.13 Å². The third-order valence-electron chi connectivity index (χ3n) is 4.97. The first kappa shape index (κ1) is 21.0. The Bertz CT molecular complexity index is 788. The number of aliphatic imine (C=N–C) groups is 1. The van der Waals surface area contributed by atoms with Gasteiger partial charge in [0.05, 0.1) is 0 Å². The van der Waals surface area contributed by atoms with Gasteiger partial charge in [-0.1, -0.05) is 19.1 Å². The van der Waals surface area contributed by atoms with Crippen LogP contribution >= 0.6 is 0 Å². The lowest BCUT2D eigenvalue weighted by molar-refractivity contribution is 0.206. The molecule has 1 aromatic heterocycles. The number of pyridine rings is 1. The van der Waals surface area contributed by atoms with E-state index in [2.05, 4.69) is 32.4 Å². The Morgan fingerprint density at radius 3 is 2.76 bits per heavy atom. The first-order valence-corrected chi connectivity index (χ1v) is 10.2. The van der Waals surface area contributed by atoms with Crippen LogP contribution in [0.3, 0.4) is 0 Å². The zero-order valence-corrected chi connectivity index (χ0v) is 17.2. The van der Waals surface area contributed by atoms with Crippen LogP contribution in [0.25, 0.3) is 0 Å². The SMILES string of the molecule is CCCN1CCC(NC(=NC)NCc2ccc(Oc3cccc(F)c3)nc2)CC1. The van der Waals surface area contributed by atoms with Gasteiger partial charge in [-0.05, 0) is 43.5 Å². The van der Waals surface area contributed by atoms with Crippen LogP contribution in [0.15, 0.2) is 47.6 Å². The molecule has 1 aliphatic heterocycles. The van der Waals surface area contributed by atoms with Crippen LogP contribution in [0, 0.1) is 5.82 Å². The van der Waals surface area contributed by atoms with Gasteiger partial charge in [0.1, 0.15) is 11.6 Å². The molecule has 6 nitrogen and oxygen atoms in total. The summed E-state index contributed by atoms with van der Waals surface area (Å²) in [6, 6.07) is 10.2. The zero-order chi connectivity index (χ0) is 20.5. The van der Waals surface area contributed by atoms with Crippen LogP contribution in [0.1, 0.15) is 31.7 Å². The molecule has 1 aromatic carbocycles. The van der Waals surface area contributed by atoms with Gasteiger partial charge in [-0.15, -0.1) is 0 Å². The minimum absolute atomic E-state index is 0.335. The monoisotopic (exact) mass is 399 g/mol. The van der Waals surface area contributed by atoms with Crippen molar-refractivity contribution in [1.29, 1.82) is 0 Å². The summed E-state index contributed by atoms with van der Waals surface area (Å²) < 4.78 is 18.8. The molecule has 7 heteroatoms. The van der Waals surface area contributed by atoms with Gasteiger partial charge < -0.3 is 20.3 Å². The number of nitrogens with zero attached hydrogens (tertiary/aromatic N) is 3.